The van der Waals surface area contributed by atoms with Crippen molar-refractivity contribution in [2.45, 2.75) is 11.4 Å². The molecule has 1 N–H and O–H groups in total. The average molecular weight is 351 g/mol. The SMILES string of the molecule is O=S(=O)(NCc1ccccc1)c1c(Cl)cc(Cl)cc1Cl. The fraction of sp³-hybridized carbons (Fsp3) is 0.0769. The number of sulfonamides is 1. The molecule has 3 nitrogen and oxygen atoms in total. The summed E-state index contributed by atoms with van der Waals surface area (Å²) >= 11 is 17.6. The van der Waals surface area contributed by atoms with Gasteiger partial charge >= 0.3 is 0 Å². The number of hydrogen-bond acceptors (Lipinski definition) is 2. The highest BCUT2D eigenvalue weighted by molar-refractivity contribution is 7.89. The Hall–Kier alpha value is -0.780. The van der Waals surface area contributed by atoms with Crippen LogP contribution in [0, 0.1) is 0 Å². The van der Waals surface area contributed by atoms with Crippen molar-refractivity contribution in [1.29, 1.82) is 0 Å². The number of benzene rings is 2. The van der Waals surface area contributed by atoms with Gasteiger partial charge in [0, 0.05) is 11.6 Å². The van der Waals surface area contributed by atoms with E-state index in [-0.39, 0.29) is 26.5 Å². The van der Waals surface area contributed by atoms with Crippen LogP contribution in [0.2, 0.25) is 15.1 Å². The standard InChI is InChI=1S/C13H10Cl3NO2S/c14-10-6-11(15)13(12(16)7-10)20(18,19)17-8-9-4-2-1-3-5-9/h1-7,17H,8H2. The molecule has 0 aliphatic heterocycles. The lowest BCUT2D eigenvalue weighted by Crippen LogP contribution is -2.23. The molecule has 0 atom stereocenters. The molecule has 2 aromatic rings. The molecule has 7 heteroatoms. The summed E-state index contributed by atoms with van der Waals surface area (Å²) in [6, 6.07) is 11.8. The largest absolute Gasteiger partial charge is 0.243 e. The van der Waals surface area contributed by atoms with E-state index < -0.39 is 10.0 Å². The van der Waals surface area contributed by atoms with E-state index >= 15 is 0 Å². The second-order valence-corrected chi connectivity index (χ2v) is 6.96. The Kier molecular flexibility index (Phi) is 4.94. The highest BCUT2D eigenvalue weighted by Gasteiger charge is 2.22. The molecule has 0 heterocycles. The third-order valence-electron chi connectivity index (χ3n) is 2.54. The van der Waals surface area contributed by atoms with Gasteiger partial charge in [-0.25, -0.2) is 13.1 Å². The molecule has 2 rings (SSSR count). The topological polar surface area (TPSA) is 46.2 Å². The Morgan fingerprint density at radius 3 is 2.05 bits per heavy atom. The van der Waals surface area contributed by atoms with Gasteiger partial charge in [0.05, 0.1) is 10.0 Å². The predicted molar refractivity (Wildman–Crippen MR) is 81.9 cm³/mol. The molecule has 0 saturated carbocycles. The van der Waals surface area contributed by atoms with E-state index in [1.54, 1.807) is 0 Å². The lowest BCUT2D eigenvalue weighted by molar-refractivity contribution is 0.581. The lowest BCUT2D eigenvalue weighted by atomic mass is 10.2. The van der Waals surface area contributed by atoms with Gasteiger partial charge in [0.2, 0.25) is 10.0 Å². The van der Waals surface area contributed by atoms with Crippen LogP contribution >= 0.6 is 34.8 Å². The molecule has 0 spiro atoms. The number of halogens is 3. The minimum atomic E-state index is -3.81. The van der Waals surface area contributed by atoms with Gasteiger partial charge in [-0.15, -0.1) is 0 Å². The summed E-state index contributed by atoms with van der Waals surface area (Å²) in [6.45, 7) is 0.151. The minimum Gasteiger partial charge on any atom is -0.207 e. The molecule has 0 bridgehead atoms. The van der Waals surface area contributed by atoms with Gasteiger partial charge in [-0.3, -0.25) is 0 Å². The zero-order valence-corrected chi connectivity index (χ0v) is 13.2. The molecule has 2 aromatic carbocycles. The highest BCUT2D eigenvalue weighted by Crippen LogP contribution is 2.32. The molecule has 0 fully saturated rings. The van der Waals surface area contributed by atoms with Crippen LogP contribution in [-0.4, -0.2) is 8.42 Å². The Morgan fingerprint density at radius 2 is 1.50 bits per heavy atom. The first kappa shape index (κ1) is 15.6. The third-order valence-corrected chi connectivity index (χ3v) is 5.08. The first-order chi connectivity index (χ1) is 9.40. The van der Waals surface area contributed by atoms with Crippen LogP contribution in [-0.2, 0) is 16.6 Å². The van der Waals surface area contributed by atoms with Crippen molar-refractivity contribution < 1.29 is 8.42 Å². The lowest BCUT2D eigenvalue weighted by Gasteiger charge is -2.10. The molecule has 0 saturated heterocycles. The molecule has 0 amide bonds. The van der Waals surface area contributed by atoms with Gasteiger partial charge in [-0.05, 0) is 17.7 Å². The smallest absolute Gasteiger partial charge is 0.207 e. The van der Waals surface area contributed by atoms with Crippen molar-refractivity contribution in [3.05, 3.63) is 63.1 Å². The van der Waals surface area contributed by atoms with Gasteiger partial charge in [-0.1, -0.05) is 65.1 Å². The second kappa shape index (κ2) is 6.33. The predicted octanol–water partition coefficient (Wildman–Crippen LogP) is 4.13. The summed E-state index contributed by atoms with van der Waals surface area (Å²) < 4.78 is 26.9. The zero-order chi connectivity index (χ0) is 14.8. The van der Waals surface area contributed by atoms with Crippen LogP contribution in [0.15, 0.2) is 47.4 Å². The van der Waals surface area contributed by atoms with Crippen molar-refractivity contribution in [2.24, 2.45) is 0 Å². The van der Waals surface area contributed by atoms with E-state index in [0.717, 1.165) is 5.56 Å². The van der Waals surface area contributed by atoms with E-state index in [9.17, 15) is 8.42 Å². The summed E-state index contributed by atoms with van der Waals surface area (Å²) in [5, 5.41) is 0.258. The second-order valence-electron chi connectivity index (χ2n) is 4.01. The first-order valence-electron chi connectivity index (χ1n) is 5.58. The van der Waals surface area contributed by atoms with Crippen LogP contribution in [0.25, 0.3) is 0 Å². The van der Waals surface area contributed by atoms with Crippen molar-refractivity contribution in [3.8, 4) is 0 Å². The fourth-order valence-electron chi connectivity index (χ4n) is 1.63. The normalized spacial score (nSPS) is 11.6. The molecule has 20 heavy (non-hydrogen) atoms. The molecule has 106 valence electrons. The Labute approximate surface area is 132 Å². The quantitative estimate of drug-likeness (QED) is 0.901. The Bertz CT molecular complexity index is 695. The average Bonchev–Trinajstić information content (AvgIpc) is 2.36. The van der Waals surface area contributed by atoms with Crippen LogP contribution in [0.5, 0.6) is 0 Å². The van der Waals surface area contributed by atoms with Crippen molar-refractivity contribution in [3.63, 3.8) is 0 Å². The molecule has 0 unspecified atom stereocenters. The molecule has 0 aliphatic carbocycles. The van der Waals surface area contributed by atoms with Crippen LogP contribution in [0.1, 0.15) is 5.56 Å². The maximum Gasteiger partial charge on any atom is 0.243 e. The first-order valence-corrected chi connectivity index (χ1v) is 8.20. The number of hydrogen-bond donors (Lipinski definition) is 1. The number of nitrogens with one attached hydrogen (secondary N) is 1. The fourth-order valence-corrected chi connectivity index (χ4v) is 4.19. The minimum absolute atomic E-state index is 0.0111. The molecule has 0 aromatic heterocycles. The Morgan fingerprint density at radius 1 is 0.950 bits per heavy atom. The van der Waals surface area contributed by atoms with Gasteiger partial charge < -0.3 is 0 Å². The van der Waals surface area contributed by atoms with Gasteiger partial charge in [0.25, 0.3) is 0 Å². The van der Waals surface area contributed by atoms with E-state index in [1.807, 2.05) is 30.3 Å². The van der Waals surface area contributed by atoms with Crippen molar-refractivity contribution >= 4 is 44.8 Å². The molecular weight excluding hydrogens is 341 g/mol. The van der Waals surface area contributed by atoms with Crippen molar-refractivity contribution in [2.75, 3.05) is 0 Å². The molecule has 0 aliphatic rings. The van der Waals surface area contributed by atoms with Crippen LogP contribution in [0.4, 0.5) is 0 Å². The summed E-state index contributed by atoms with van der Waals surface area (Å²) in [6.07, 6.45) is 0. The van der Waals surface area contributed by atoms with E-state index in [4.69, 9.17) is 34.8 Å². The zero-order valence-electron chi connectivity index (χ0n) is 10.1. The maximum atomic E-state index is 12.2. The maximum absolute atomic E-state index is 12.2. The molecular formula is C13H10Cl3NO2S. The van der Waals surface area contributed by atoms with Gasteiger partial charge in [0.1, 0.15) is 4.90 Å². The summed E-state index contributed by atoms with van der Waals surface area (Å²) in [7, 11) is -3.81. The van der Waals surface area contributed by atoms with Crippen LogP contribution < -0.4 is 4.72 Å². The molecule has 0 radical (unpaired) electrons. The van der Waals surface area contributed by atoms with Gasteiger partial charge in [0.15, 0.2) is 0 Å². The highest BCUT2D eigenvalue weighted by atomic mass is 35.5. The Balaban J connectivity index is 2.28. The van der Waals surface area contributed by atoms with Crippen LogP contribution in [0.3, 0.4) is 0 Å². The third kappa shape index (κ3) is 3.65. The van der Waals surface area contributed by atoms with E-state index in [1.165, 1.54) is 12.1 Å². The van der Waals surface area contributed by atoms with E-state index in [2.05, 4.69) is 4.72 Å². The number of rotatable bonds is 4. The van der Waals surface area contributed by atoms with E-state index in [0.29, 0.717) is 0 Å². The van der Waals surface area contributed by atoms with Gasteiger partial charge in [-0.2, -0.15) is 0 Å². The summed E-state index contributed by atoms with van der Waals surface area (Å²) in [4.78, 5) is -0.166. The monoisotopic (exact) mass is 349 g/mol. The van der Waals surface area contributed by atoms with Crippen molar-refractivity contribution in [1.82, 2.24) is 4.72 Å². The summed E-state index contributed by atoms with van der Waals surface area (Å²) in [5.74, 6) is 0. The summed E-state index contributed by atoms with van der Waals surface area (Å²) in [5.41, 5.74) is 0.831.